The Kier molecular flexibility index (Phi) is 7.70. The van der Waals surface area contributed by atoms with Gasteiger partial charge >= 0.3 is 0 Å². The lowest BCUT2D eigenvalue weighted by Crippen LogP contribution is -2.37. The van der Waals surface area contributed by atoms with Gasteiger partial charge < -0.3 is 9.80 Å². The Labute approximate surface area is 147 Å². The van der Waals surface area contributed by atoms with E-state index in [9.17, 15) is 4.79 Å². The van der Waals surface area contributed by atoms with Gasteiger partial charge in [0.15, 0.2) is 0 Å². The van der Waals surface area contributed by atoms with Crippen LogP contribution in [-0.4, -0.2) is 53.4 Å². The molecule has 24 heavy (non-hydrogen) atoms. The lowest BCUT2D eigenvalue weighted by Gasteiger charge is -2.26. The fraction of sp³-hybridized carbons (Fsp3) is 0.700. The molecule has 0 aliphatic carbocycles. The number of rotatable bonds is 7. The van der Waals surface area contributed by atoms with E-state index in [0.29, 0.717) is 6.42 Å². The number of pyridine rings is 1. The number of aryl methyl sites for hydroxylation is 1. The second-order valence-electron chi connectivity index (χ2n) is 7.24. The van der Waals surface area contributed by atoms with Gasteiger partial charge in [-0.1, -0.05) is 12.8 Å². The van der Waals surface area contributed by atoms with Crippen LogP contribution in [0.25, 0.3) is 0 Å². The first kappa shape index (κ1) is 18.9. The Bertz CT molecular complexity index is 509. The molecule has 4 heteroatoms. The summed E-state index contributed by atoms with van der Waals surface area (Å²) in [7, 11) is 1.93. The number of likely N-dealkylation sites (tertiary alicyclic amines) is 1. The van der Waals surface area contributed by atoms with E-state index in [2.05, 4.69) is 29.8 Å². The van der Waals surface area contributed by atoms with Crippen LogP contribution in [0.15, 0.2) is 18.3 Å². The molecule has 2 heterocycles. The Balaban J connectivity index is 1.72. The van der Waals surface area contributed by atoms with E-state index >= 15 is 0 Å². The summed E-state index contributed by atoms with van der Waals surface area (Å²) in [5.74, 6) is 0.255. The summed E-state index contributed by atoms with van der Waals surface area (Å²) < 4.78 is 0. The van der Waals surface area contributed by atoms with E-state index in [1.165, 1.54) is 44.3 Å². The largest absolute Gasteiger partial charge is 0.343 e. The fourth-order valence-electron chi connectivity index (χ4n) is 3.39. The molecule has 134 valence electrons. The summed E-state index contributed by atoms with van der Waals surface area (Å²) in [6, 6.07) is 4.30. The molecule has 1 aromatic heterocycles. The summed E-state index contributed by atoms with van der Waals surface area (Å²) in [4.78, 5) is 21.3. The molecule has 1 atom stereocenters. The number of carbonyl (C=O) groups excluding carboxylic acids is 1. The van der Waals surface area contributed by atoms with Crippen molar-refractivity contribution >= 4 is 5.91 Å². The molecule has 0 N–H and O–H groups in total. The van der Waals surface area contributed by atoms with Crippen LogP contribution in [0, 0.1) is 6.92 Å². The lowest BCUT2D eigenvalue weighted by atomic mass is 10.1. The second kappa shape index (κ2) is 9.77. The van der Waals surface area contributed by atoms with Crippen molar-refractivity contribution in [2.75, 3.05) is 26.7 Å². The molecule has 4 nitrogen and oxygen atoms in total. The number of nitrogens with zero attached hydrogens (tertiary/aromatic N) is 3. The van der Waals surface area contributed by atoms with E-state index in [0.717, 1.165) is 25.1 Å². The number of hydrogen-bond donors (Lipinski definition) is 0. The zero-order chi connectivity index (χ0) is 17.4. The van der Waals surface area contributed by atoms with E-state index in [1.54, 1.807) is 0 Å². The quantitative estimate of drug-likeness (QED) is 0.768. The number of carbonyl (C=O) groups is 1. The molecular weight excluding hydrogens is 298 g/mol. The molecule has 1 saturated heterocycles. The molecule has 0 aromatic carbocycles. The van der Waals surface area contributed by atoms with Gasteiger partial charge in [0.1, 0.15) is 0 Å². The first-order valence-corrected chi connectivity index (χ1v) is 9.46. The molecule has 1 aliphatic heterocycles. The Morgan fingerprint density at radius 2 is 2.00 bits per heavy atom. The van der Waals surface area contributed by atoms with Crippen molar-refractivity contribution in [2.45, 2.75) is 64.8 Å². The minimum atomic E-state index is 0.185. The van der Waals surface area contributed by atoms with Gasteiger partial charge in [-0.3, -0.25) is 9.78 Å². The van der Waals surface area contributed by atoms with E-state index < -0.39 is 0 Å². The molecule has 1 aliphatic rings. The van der Waals surface area contributed by atoms with Crippen LogP contribution in [0.2, 0.25) is 0 Å². The van der Waals surface area contributed by atoms with Gasteiger partial charge in [0.2, 0.25) is 5.91 Å². The zero-order valence-corrected chi connectivity index (χ0v) is 15.6. The van der Waals surface area contributed by atoms with Crippen LogP contribution >= 0.6 is 0 Å². The van der Waals surface area contributed by atoms with Gasteiger partial charge in [-0.25, -0.2) is 0 Å². The van der Waals surface area contributed by atoms with Crippen molar-refractivity contribution in [1.82, 2.24) is 14.8 Å². The number of amides is 1. The van der Waals surface area contributed by atoms with Crippen LogP contribution in [0.3, 0.4) is 0 Å². The predicted octanol–water partition coefficient (Wildman–Crippen LogP) is 3.44. The average molecular weight is 332 g/mol. The molecule has 1 amide bonds. The summed E-state index contributed by atoms with van der Waals surface area (Å²) in [5.41, 5.74) is 2.28. The SMILES string of the molecule is Cc1ccnc(C[C@H](C)N(C)C(=O)CCCN2CCCCCC2)c1. The van der Waals surface area contributed by atoms with Crippen molar-refractivity contribution in [1.29, 1.82) is 0 Å². The number of aromatic nitrogens is 1. The number of hydrogen-bond acceptors (Lipinski definition) is 3. The summed E-state index contributed by atoms with van der Waals surface area (Å²) in [6.45, 7) is 7.66. The Hall–Kier alpha value is -1.42. The molecule has 1 aromatic rings. The molecule has 0 bridgehead atoms. The van der Waals surface area contributed by atoms with Crippen LogP contribution in [-0.2, 0) is 11.2 Å². The minimum Gasteiger partial charge on any atom is -0.343 e. The summed E-state index contributed by atoms with van der Waals surface area (Å²) in [6.07, 6.45) is 9.64. The maximum atomic E-state index is 12.4. The Morgan fingerprint density at radius 1 is 1.29 bits per heavy atom. The fourth-order valence-corrected chi connectivity index (χ4v) is 3.39. The van der Waals surface area contributed by atoms with Gasteiger partial charge in [-0.2, -0.15) is 0 Å². The minimum absolute atomic E-state index is 0.185. The molecule has 0 spiro atoms. The molecule has 0 radical (unpaired) electrons. The third-order valence-electron chi connectivity index (χ3n) is 5.09. The average Bonchev–Trinajstić information content (AvgIpc) is 2.83. The standard InChI is InChI=1S/C20H33N3O/c1-17-10-11-21-19(15-17)16-18(2)22(3)20(24)9-8-14-23-12-6-4-5-7-13-23/h10-11,15,18H,4-9,12-14,16H2,1-3H3/t18-/m0/s1. The van der Waals surface area contributed by atoms with Crippen molar-refractivity contribution < 1.29 is 4.79 Å². The van der Waals surface area contributed by atoms with Gasteiger partial charge in [0, 0.05) is 37.8 Å². The molecular formula is C20H33N3O. The van der Waals surface area contributed by atoms with Gasteiger partial charge in [-0.05, 0) is 70.4 Å². The second-order valence-corrected chi connectivity index (χ2v) is 7.24. The topological polar surface area (TPSA) is 36.4 Å². The predicted molar refractivity (Wildman–Crippen MR) is 99.1 cm³/mol. The van der Waals surface area contributed by atoms with Crippen LogP contribution < -0.4 is 0 Å². The van der Waals surface area contributed by atoms with E-state index in [-0.39, 0.29) is 11.9 Å². The molecule has 0 saturated carbocycles. The highest BCUT2D eigenvalue weighted by Crippen LogP contribution is 2.12. The van der Waals surface area contributed by atoms with Gasteiger partial charge in [0.25, 0.3) is 0 Å². The third-order valence-corrected chi connectivity index (χ3v) is 5.09. The molecule has 2 rings (SSSR count). The van der Waals surface area contributed by atoms with Gasteiger partial charge in [-0.15, -0.1) is 0 Å². The summed E-state index contributed by atoms with van der Waals surface area (Å²) in [5, 5.41) is 0. The van der Waals surface area contributed by atoms with Crippen molar-refractivity contribution in [3.63, 3.8) is 0 Å². The normalized spacial score (nSPS) is 17.3. The number of likely N-dealkylation sites (N-methyl/N-ethyl adjacent to an activating group) is 1. The van der Waals surface area contributed by atoms with E-state index in [4.69, 9.17) is 0 Å². The van der Waals surface area contributed by atoms with Crippen molar-refractivity contribution in [2.24, 2.45) is 0 Å². The highest BCUT2D eigenvalue weighted by atomic mass is 16.2. The highest BCUT2D eigenvalue weighted by molar-refractivity contribution is 5.76. The van der Waals surface area contributed by atoms with E-state index in [1.807, 2.05) is 24.2 Å². The van der Waals surface area contributed by atoms with Crippen molar-refractivity contribution in [3.05, 3.63) is 29.6 Å². The Morgan fingerprint density at radius 3 is 2.67 bits per heavy atom. The zero-order valence-electron chi connectivity index (χ0n) is 15.6. The van der Waals surface area contributed by atoms with Crippen molar-refractivity contribution in [3.8, 4) is 0 Å². The highest BCUT2D eigenvalue weighted by Gasteiger charge is 2.17. The van der Waals surface area contributed by atoms with Gasteiger partial charge in [0.05, 0.1) is 0 Å². The maximum Gasteiger partial charge on any atom is 0.222 e. The molecule has 0 unspecified atom stereocenters. The summed E-state index contributed by atoms with van der Waals surface area (Å²) >= 11 is 0. The van der Waals surface area contributed by atoms with Crippen LogP contribution in [0.1, 0.15) is 56.7 Å². The lowest BCUT2D eigenvalue weighted by molar-refractivity contribution is -0.131. The maximum absolute atomic E-state index is 12.4. The van der Waals surface area contributed by atoms with Crippen LogP contribution in [0.4, 0.5) is 0 Å². The monoisotopic (exact) mass is 331 g/mol. The first-order valence-electron chi connectivity index (χ1n) is 9.46. The smallest absolute Gasteiger partial charge is 0.222 e. The third kappa shape index (κ3) is 6.23. The first-order chi connectivity index (χ1) is 11.6. The molecule has 1 fully saturated rings. The van der Waals surface area contributed by atoms with Crippen LogP contribution in [0.5, 0.6) is 0 Å².